The summed E-state index contributed by atoms with van der Waals surface area (Å²) in [4.78, 5) is 9.47. The van der Waals surface area contributed by atoms with Crippen molar-refractivity contribution in [1.82, 2.24) is 24.7 Å². The molecule has 11 heteroatoms. The minimum Gasteiger partial charge on any atom is -0.348 e. The molecule has 6 nitrogen and oxygen atoms in total. The van der Waals surface area contributed by atoms with Crippen LogP contribution in [0, 0.1) is 0 Å². The molecule has 0 aliphatic heterocycles. The van der Waals surface area contributed by atoms with Crippen LogP contribution in [-0.4, -0.2) is 24.7 Å². The summed E-state index contributed by atoms with van der Waals surface area (Å²) in [6.07, 6.45) is -3.40. The van der Waals surface area contributed by atoms with Crippen molar-refractivity contribution in [1.29, 1.82) is 0 Å². The molecule has 0 fully saturated rings. The van der Waals surface area contributed by atoms with Gasteiger partial charge in [-0.1, -0.05) is 0 Å². The van der Waals surface area contributed by atoms with Crippen LogP contribution >= 0.6 is 27.3 Å². The lowest BCUT2D eigenvalue weighted by atomic mass is 10.3. The second-order valence-corrected chi connectivity index (χ2v) is 7.44. The first-order valence-corrected chi connectivity index (χ1v) is 8.92. The summed E-state index contributed by atoms with van der Waals surface area (Å²) in [7, 11) is 0. The molecule has 3 aromatic rings. The van der Waals surface area contributed by atoms with E-state index in [0.717, 1.165) is 11.1 Å². The molecule has 3 heterocycles. The number of nitrogens with one attached hydrogen (secondary N) is 2. The number of halogens is 4. The Kier molecular flexibility index (Phi) is 4.87. The van der Waals surface area contributed by atoms with Crippen molar-refractivity contribution in [2.45, 2.75) is 32.6 Å². The van der Waals surface area contributed by atoms with E-state index >= 15 is 0 Å². The number of alkyl halides is 3. The number of rotatable bonds is 5. The van der Waals surface area contributed by atoms with E-state index in [2.05, 4.69) is 41.4 Å². The summed E-state index contributed by atoms with van der Waals surface area (Å²) in [6.45, 7) is 4.11. The monoisotopic (exact) mass is 434 g/mol. The predicted molar refractivity (Wildman–Crippen MR) is 92.3 cm³/mol. The number of hydrogen-bond acceptors (Lipinski definition) is 5. The van der Waals surface area contributed by atoms with Crippen molar-refractivity contribution < 1.29 is 13.2 Å². The highest BCUT2D eigenvalue weighted by atomic mass is 79.9. The zero-order valence-electron chi connectivity index (χ0n) is 13.2. The third-order valence-corrected chi connectivity index (χ3v) is 4.78. The van der Waals surface area contributed by atoms with Gasteiger partial charge in [-0.15, -0.1) is 16.4 Å². The van der Waals surface area contributed by atoms with E-state index in [-0.39, 0.29) is 6.04 Å². The topological polar surface area (TPSA) is 71.4 Å². The number of thiophene rings is 1. The van der Waals surface area contributed by atoms with E-state index in [9.17, 15) is 13.2 Å². The first kappa shape index (κ1) is 17.9. The Balaban J connectivity index is 1.82. The van der Waals surface area contributed by atoms with Gasteiger partial charge in [0, 0.05) is 17.1 Å². The standard InChI is InChI=1S/C14H14BrF3N6S/c1-7(2)24-6-10(14(16,17)18)20-11(24)9-4-3-8(25-9)5-19-13-21-12(15)22-23-13/h3-4,6-7H,5H2,1-2H3,(H2,19,21,22,23). The van der Waals surface area contributed by atoms with Gasteiger partial charge in [0.05, 0.1) is 11.4 Å². The fourth-order valence-electron chi connectivity index (χ4n) is 2.19. The Morgan fingerprint density at radius 3 is 2.68 bits per heavy atom. The van der Waals surface area contributed by atoms with Crippen LogP contribution < -0.4 is 5.32 Å². The maximum Gasteiger partial charge on any atom is 0.434 e. The molecule has 0 spiro atoms. The van der Waals surface area contributed by atoms with Crippen LogP contribution in [0.15, 0.2) is 23.1 Å². The molecule has 0 saturated carbocycles. The van der Waals surface area contributed by atoms with Crippen molar-refractivity contribution >= 4 is 33.2 Å². The summed E-state index contributed by atoms with van der Waals surface area (Å²) in [6, 6.07) is 3.49. The van der Waals surface area contributed by atoms with Crippen molar-refractivity contribution in [3.8, 4) is 10.7 Å². The van der Waals surface area contributed by atoms with Gasteiger partial charge in [-0.2, -0.15) is 18.2 Å². The second kappa shape index (κ2) is 6.79. The van der Waals surface area contributed by atoms with Crippen LogP contribution in [0.5, 0.6) is 0 Å². The third-order valence-electron chi connectivity index (χ3n) is 3.34. The van der Waals surface area contributed by atoms with Crippen molar-refractivity contribution in [2.75, 3.05) is 5.32 Å². The van der Waals surface area contributed by atoms with Gasteiger partial charge >= 0.3 is 6.18 Å². The molecule has 0 aliphatic rings. The number of hydrogen-bond donors (Lipinski definition) is 2. The van der Waals surface area contributed by atoms with E-state index in [4.69, 9.17) is 0 Å². The van der Waals surface area contributed by atoms with Crippen LogP contribution in [-0.2, 0) is 12.7 Å². The van der Waals surface area contributed by atoms with Crippen molar-refractivity contribution in [2.24, 2.45) is 0 Å². The molecule has 0 atom stereocenters. The zero-order valence-corrected chi connectivity index (χ0v) is 15.6. The number of aromatic amines is 1. The fourth-order valence-corrected chi connectivity index (χ4v) is 3.38. The molecule has 0 unspecified atom stereocenters. The average molecular weight is 435 g/mol. The molecular weight excluding hydrogens is 421 g/mol. The molecule has 0 saturated heterocycles. The average Bonchev–Trinajstić information content (AvgIpc) is 3.22. The van der Waals surface area contributed by atoms with Crippen LogP contribution in [0.25, 0.3) is 10.7 Å². The number of imidazole rings is 1. The van der Waals surface area contributed by atoms with Gasteiger partial charge in [0.1, 0.15) is 0 Å². The predicted octanol–water partition coefficient (Wildman–Crippen LogP) is 4.70. The Bertz CT molecular complexity index is 866. The van der Waals surface area contributed by atoms with Gasteiger partial charge in [-0.3, -0.25) is 5.10 Å². The zero-order chi connectivity index (χ0) is 18.2. The smallest absolute Gasteiger partial charge is 0.348 e. The quantitative estimate of drug-likeness (QED) is 0.610. The summed E-state index contributed by atoms with van der Waals surface area (Å²) in [5.41, 5.74) is -0.880. The minimum atomic E-state index is -4.46. The maximum atomic E-state index is 13.0. The van der Waals surface area contributed by atoms with Crippen LogP contribution in [0.2, 0.25) is 0 Å². The van der Waals surface area contributed by atoms with Gasteiger partial charge in [0.2, 0.25) is 5.95 Å². The van der Waals surface area contributed by atoms with E-state index in [1.165, 1.54) is 15.9 Å². The first-order valence-electron chi connectivity index (χ1n) is 7.31. The summed E-state index contributed by atoms with van der Waals surface area (Å²) >= 11 is 4.54. The summed E-state index contributed by atoms with van der Waals surface area (Å²) in [5.74, 6) is 0.754. The van der Waals surface area contributed by atoms with Gasteiger partial charge in [0.25, 0.3) is 0 Å². The Hall–Kier alpha value is -1.88. The molecular formula is C14H14BrF3N6S. The van der Waals surface area contributed by atoms with Crippen LogP contribution in [0.1, 0.15) is 30.5 Å². The van der Waals surface area contributed by atoms with Crippen molar-refractivity contribution in [3.63, 3.8) is 0 Å². The van der Waals surface area contributed by atoms with Gasteiger partial charge in [-0.05, 0) is 41.9 Å². The van der Waals surface area contributed by atoms with E-state index in [1.54, 1.807) is 6.07 Å². The SMILES string of the molecule is CC(C)n1cc(C(F)(F)F)nc1-c1ccc(CNc2n[nH]c(Br)n2)s1. The lowest BCUT2D eigenvalue weighted by Gasteiger charge is -2.09. The summed E-state index contributed by atoms with van der Waals surface area (Å²) < 4.78 is 41.0. The molecule has 25 heavy (non-hydrogen) atoms. The molecule has 0 amide bonds. The van der Waals surface area contributed by atoms with E-state index in [0.29, 0.717) is 27.9 Å². The van der Waals surface area contributed by atoms with Gasteiger partial charge < -0.3 is 9.88 Å². The largest absolute Gasteiger partial charge is 0.434 e. The highest BCUT2D eigenvalue weighted by Crippen LogP contribution is 2.35. The minimum absolute atomic E-state index is 0.132. The molecule has 0 aliphatic carbocycles. The lowest BCUT2D eigenvalue weighted by molar-refractivity contribution is -0.140. The highest BCUT2D eigenvalue weighted by molar-refractivity contribution is 9.10. The summed E-state index contributed by atoms with van der Waals surface area (Å²) in [5, 5.41) is 9.62. The van der Waals surface area contributed by atoms with Gasteiger partial charge in [0.15, 0.2) is 16.3 Å². The number of anilines is 1. The molecule has 3 aromatic heterocycles. The molecule has 3 rings (SSSR count). The van der Waals surface area contributed by atoms with E-state index < -0.39 is 11.9 Å². The molecule has 134 valence electrons. The Labute approximate surface area is 153 Å². The second-order valence-electron chi connectivity index (χ2n) is 5.52. The van der Waals surface area contributed by atoms with E-state index in [1.807, 2.05) is 19.9 Å². The van der Waals surface area contributed by atoms with Crippen LogP contribution in [0.3, 0.4) is 0 Å². The lowest BCUT2D eigenvalue weighted by Crippen LogP contribution is -2.05. The number of H-pyrrole nitrogens is 1. The molecule has 0 bridgehead atoms. The first-order chi connectivity index (χ1) is 11.7. The Morgan fingerprint density at radius 1 is 1.32 bits per heavy atom. The fraction of sp³-hybridized carbons (Fsp3) is 0.357. The van der Waals surface area contributed by atoms with Crippen molar-refractivity contribution in [3.05, 3.63) is 33.6 Å². The van der Waals surface area contributed by atoms with Crippen LogP contribution in [0.4, 0.5) is 19.1 Å². The molecule has 0 aromatic carbocycles. The normalized spacial score (nSPS) is 12.1. The third kappa shape index (κ3) is 4.03. The number of nitrogens with zero attached hydrogens (tertiary/aromatic N) is 4. The maximum absolute atomic E-state index is 13.0. The molecule has 2 N–H and O–H groups in total. The highest BCUT2D eigenvalue weighted by Gasteiger charge is 2.35. The molecule has 0 radical (unpaired) electrons. The Morgan fingerprint density at radius 2 is 2.08 bits per heavy atom. The van der Waals surface area contributed by atoms with Gasteiger partial charge in [-0.25, -0.2) is 4.98 Å². The number of aromatic nitrogens is 5.